The van der Waals surface area contributed by atoms with E-state index in [2.05, 4.69) is 47.4 Å². The molecule has 0 bridgehead atoms. The molecule has 0 aliphatic heterocycles. The zero-order chi connectivity index (χ0) is 15.1. The average molecular weight is 303 g/mol. The van der Waals surface area contributed by atoms with E-state index in [0.29, 0.717) is 0 Å². The molecule has 0 fully saturated rings. The second-order valence-corrected chi connectivity index (χ2v) is 5.83. The van der Waals surface area contributed by atoms with Crippen LogP contribution in [0, 0.1) is 6.92 Å². The summed E-state index contributed by atoms with van der Waals surface area (Å²) in [6, 6.07) is 16.8. The van der Waals surface area contributed by atoms with Gasteiger partial charge in [0.1, 0.15) is 0 Å². The SMILES string of the molecule is Cc1cc(CN(CCCN)Cc2ccccc2)ccc1Cl. The maximum Gasteiger partial charge on any atom is 0.0435 e. The van der Waals surface area contributed by atoms with Crippen LogP contribution in [0.25, 0.3) is 0 Å². The van der Waals surface area contributed by atoms with Crippen LogP contribution in [-0.4, -0.2) is 18.0 Å². The second-order valence-electron chi connectivity index (χ2n) is 5.42. The highest BCUT2D eigenvalue weighted by Crippen LogP contribution is 2.18. The molecule has 21 heavy (non-hydrogen) atoms. The number of halogens is 1. The fourth-order valence-electron chi connectivity index (χ4n) is 2.43. The molecular formula is C18H23ClN2. The third-order valence-electron chi connectivity index (χ3n) is 3.56. The van der Waals surface area contributed by atoms with Crippen molar-refractivity contribution >= 4 is 11.6 Å². The minimum absolute atomic E-state index is 0.727. The molecule has 2 rings (SSSR count). The molecule has 0 spiro atoms. The number of nitrogens with zero attached hydrogens (tertiary/aromatic N) is 1. The summed E-state index contributed by atoms with van der Waals surface area (Å²) in [5.41, 5.74) is 9.43. The standard InChI is InChI=1S/C18H23ClN2/c1-15-12-17(8-9-18(15)19)14-21(11-5-10-20)13-16-6-3-2-4-7-16/h2-4,6-9,12H,5,10-11,13-14,20H2,1H3. The molecule has 2 aromatic carbocycles. The highest BCUT2D eigenvalue weighted by atomic mass is 35.5. The third-order valence-corrected chi connectivity index (χ3v) is 3.98. The zero-order valence-corrected chi connectivity index (χ0v) is 13.3. The normalized spacial score (nSPS) is 11.0. The van der Waals surface area contributed by atoms with Gasteiger partial charge in [-0.05, 0) is 42.6 Å². The summed E-state index contributed by atoms with van der Waals surface area (Å²) in [6.07, 6.45) is 1.01. The predicted octanol–water partition coefficient (Wildman–Crippen LogP) is 4.00. The molecule has 0 amide bonds. The van der Waals surface area contributed by atoms with Gasteiger partial charge in [-0.2, -0.15) is 0 Å². The second kappa shape index (κ2) is 8.18. The monoisotopic (exact) mass is 302 g/mol. The Hall–Kier alpha value is -1.35. The topological polar surface area (TPSA) is 29.3 Å². The van der Waals surface area contributed by atoms with Crippen LogP contribution in [0.5, 0.6) is 0 Å². The van der Waals surface area contributed by atoms with Crippen molar-refractivity contribution in [3.05, 3.63) is 70.2 Å². The smallest absolute Gasteiger partial charge is 0.0435 e. The van der Waals surface area contributed by atoms with Crippen LogP contribution < -0.4 is 5.73 Å². The van der Waals surface area contributed by atoms with Crippen molar-refractivity contribution in [2.75, 3.05) is 13.1 Å². The number of rotatable bonds is 7. The summed E-state index contributed by atoms with van der Waals surface area (Å²) >= 11 is 6.10. The molecule has 2 aromatic rings. The molecule has 0 radical (unpaired) electrons. The van der Waals surface area contributed by atoms with Gasteiger partial charge in [-0.15, -0.1) is 0 Å². The minimum Gasteiger partial charge on any atom is -0.330 e. The summed E-state index contributed by atoms with van der Waals surface area (Å²) in [4.78, 5) is 2.44. The lowest BCUT2D eigenvalue weighted by atomic mass is 10.1. The van der Waals surface area contributed by atoms with Crippen LogP contribution >= 0.6 is 11.6 Å². The largest absolute Gasteiger partial charge is 0.330 e. The number of hydrogen-bond acceptors (Lipinski definition) is 2. The molecule has 0 saturated heterocycles. The van der Waals surface area contributed by atoms with E-state index in [0.717, 1.165) is 43.2 Å². The molecule has 0 heterocycles. The molecule has 0 saturated carbocycles. The molecule has 0 aliphatic carbocycles. The minimum atomic E-state index is 0.727. The van der Waals surface area contributed by atoms with Crippen LogP contribution in [0.15, 0.2) is 48.5 Å². The Morgan fingerprint density at radius 1 is 1.00 bits per heavy atom. The van der Waals surface area contributed by atoms with Gasteiger partial charge in [0.25, 0.3) is 0 Å². The molecule has 0 aromatic heterocycles. The van der Waals surface area contributed by atoms with E-state index in [9.17, 15) is 0 Å². The molecule has 3 heteroatoms. The quantitative estimate of drug-likeness (QED) is 0.837. The van der Waals surface area contributed by atoms with Crippen molar-refractivity contribution in [1.82, 2.24) is 4.90 Å². The molecule has 2 N–H and O–H groups in total. The lowest BCUT2D eigenvalue weighted by Crippen LogP contribution is -2.25. The Morgan fingerprint density at radius 2 is 1.71 bits per heavy atom. The van der Waals surface area contributed by atoms with Crippen molar-refractivity contribution in [2.45, 2.75) is 26.4 Å². The fourth-order valence-corrected chi connectivity index (χ4v) is 2.55. The van der Waals surface area contributed by atoms with E-state index >= 15 is 0 Å². The van der Waals surface area contributed by atoms with Crippen LogP contribution in [0.4, 0.5) is 0 Å². The van der Waals surface area contributed by atoms with Gasteiger partial charge in [0.15, 0.2) is 0 Å². The molecule has 0 atom stereocenters. The Kier molecular flexibility index (Phi) is 6.24. The summed E-state index contributed by atoms with van der Waals surface area (Å²) in [5.74, 6) is 0. The van der Waals surface area contributed by atoms with Crippen molar-refractivity contribution in [3.8, 4) is 0 Å². The summed E-state index contributed by atoms with van der Waals surface area (Å²) in [6.45, 7) is 5.65. The van der Waals surface area contributed by atoms with Crippen molar-refractivity contribution < 1.29 is 0 Å². The van der Waals surface area contributed by atoms with Crippen LogP contribution in [0.2, 0.25) is 5.02 Å². The maximum absolute atomic E-state index is 6.10. The maximum atomic E-state index is 6.10. The lowest BCUT2D eigenvalue weighted by molar-refractivity contribution is 0.255. The number of aryl methyl sites for hydroxylation is 1. The molecule has 0 aliphatic rings. The van der Waals surface area contributed by atoms with E-state index in [1.807, 2.05) is 13.0 Å². The van der Waals surface area contributed by atoms with Gasteiger partial charge in [-0.1, -0.05) is 54.1 Å². The van der Waals surface area contributed by atoms with E-state index in [-0.39, 0.29) is 0 Å². The summed E-state index contributed by atoms with van der Waals surface area (Å²) in [7, 11) is 0. The number of benzene rings is 2. The van der Waals surface area contributed by atoms with Gasteiger partial charge >= 0.3 is 0 Å². The Balaban J connectivity index is 2.06. The van der Waals surface area contributed by atoms with Gasteiger partial charge in [0.05, 0.1) is 0 Å². The highest BCUT2D eigenvalue weighted by Gasteiger charge is 2.07. The van der Waals surface area contributed by atoms with Gasteiger partial charge in [-0.3, -0.25) is 4.90 Å². The molecule has 112 valence electrons. The van der Waals surface area contributed by atoms with Crippen LogP contribution in [0.3, 0.4) is 0 Å². The van der Waals surface area contributed by atoms with Crippen molar-refractivity contribution in [1.29, 1.82) is 0 Å². The fraction of sp³-hybridized carbons (Fsp3) is 0.333. The van der Waals surface area contributed by atoms with E-state index in [1.54, 1.807) is 0 Å². The first kappa shape index (κ1) is 16.0. The number of nitrogens with two attached hydrogens (primary N) is 1. The van der Waals surface area contributed by atoms with E-state index < -0.39 is 0 Å². The highest BCUT2D eigenvalue weighted by molar-refractivity contribution is 6.31. The lowest BCUT2D eigenvalue weighted by Gasteiger charge is -2.22. The van der Waals surface area contributed by atoms with Gasteiger partial charge in [0, 0.05) is 24.7 Å². The van der Waals surface area contributed by atoms with Crippen molar-refractivity contribution in [3.63, 3.8) is 0 Å². The van der Waals surface area contributed by atoms with Crippen LogP contribution in [-0.2, 0) is 13.1 Å². The van der Waals surface area contributed by atoms with E-state index in [4.69, 9.17) is 17.3 Å². The third kappa shape index (κ3) is 5.16. The van der Waals surface area contributed by atoms with E-state index in [1.165, 1.54) is 11.1 Å². The summed E-state index contributed by atoms with van der Waals surface area (Å²) < 4.78 is 0. The molecule has 2 nitrogen and oxygen atoms in total. The predicted molar refractivity (Wildman–Crippen MR) is 90.4 cm³/mol. The number of hydrogen-bond donors (Lipinski definition) is 1. The zero-order valence-electron chi connectivity index (χ0n) is 12.6. The van der Waals surface area contributed by atoms with Gasteiger partial charge < -0.3 is 5.73 Å². The first-order chi connectivity index (χ1) is 10.2. The molecular weight excluding hydrogens is 280 g/mol. The molecule has 0 unspecified atom stereocenters. The van der Waals surface area contributed by atoms with Gasteiger partial charge in [-0.25, -0.2) is 0 Å². The Bertz CT molecular complexity index is 554. The average Bonchev–Trinajstić information content (AvgIpc) is 2.49. The first-order valence-electron chi connectivity index (χ1n) is 7.40. The van der Waals surface area contributed by atoms with Gasteiger partial charge in [0.2, 0.25) is 0 Å². The summed E-state index contributed by atoms with van der Waals surface area (Å²) in [5, 5.41) is 0.829. The Labute approximate surface area is 132 Å². The first-order valence-corrected chi connectivity index (χ1v) is 7.78. The van der Waals surface area contributed by atoms with Crippen molar-refractivity contribution in [2.24, 2.45) is 5.73 Å². The Morgan fingerprint density at radius 3 is 2.38 bits per heavy atom. The van der Waals surface area contributed by atoms with Crippen LogP contribution in [0.1, 0.15) is 23.1 Å².